The predicted molar refractivity (Wildman–Crippen MR) is 102 cm³/mol. The number of amides is 1. The van der Waals surface area contributed by atoms with Crippen molar-refractivity contribution in [2.75, 3.05) is 5.32 Å². The molecule has 1 unspecified atom stereocenters. The van der Waals surface area contributed by atoms with E-state index >= 15 is 0 Å². The molecule has 2 atom stereocenters. The maximum Gasteiger partial charge on any atom is 0.433 e. The largest absolute Gasteiger partial charge is 0.433 e. The monoisotopic (exact) mass is 423 g/mol. The van der Waals surface area contributed by atoms with Crippen LogP contribution >= 0.6 is 11.6 Å². The van der Waals surface area contributed by atoms with Crippen molar-refractivity contribution in [3.63, 3.8) is 0 Å². The Kier molecular flexibility index (Phi) is 5.90. The number of anilines is 1. The fraction of sp³-hybridized carbons (Fsp3) is 0.286. The summed E-state index contributed by atoms with van der Waals surface area (Å²) in [6.07, 6.45) is -5.42. The molecule has 0 saturated heterocycles. The summed E-state index contributed by atoms with van der Waals surface area (Å²) in [5, 5.41) is 22.9. The van der Waals surface area contributed by atoms with Crippen molar-refractivity contribution < 1.29 is 28.2 Å². The van der Waals surface area contributed by atoms with Crippen LogP contribution in [0.25, 0.3) is 0 Å². The number of alkyl halides is 3. The molecule has 1 saturated carbocycles. The van der Waals surface area contributed by atoms with Crippen LogP contribution in [0.3, 0.4) is 0 Å². The molecule has 0 aliphatic heterocycles. The first-order chi connectivity index (χ1) is 13.6. The number of hydrogen-bond donors (Lipinski definition) is 3. The van der Waals surface area contributed by atoms with E-state index in [0.717, 1.165) is 12.1 Å². The Morgan fingerprint density at radius 2 is 1.83 bits per heavy atom. The fourth-order valence-electron chi connectivity index (χ4n) is 2.64. The van der Waals surface area contributed by atoms with Gasteiger partial charge in [-0.2, -0.15) is 13.2 Å². The Morgan fingerprint density at radius 3 is 2.41 bits per heavy atom. The van der Waals surface area contributed by atoms with E-state index in [2.05, 4.69) is 11.2 Å². The summed E-state index contributed by atoms with van der Waals surface area (Å²) in [5.74, 6) is 3.20. The Bertz CT molecular complexity index is 965. The van der Waals surface area contributed by atoms with Gasteiger partial charge in [0, 0.05) is 22.2 Å². The van der Waals surface area contributed by atoms with Crippen LogP contribution in [0.2, 0.25) is 5.02 Å². The molecule has 1 fully saturated rings. The van der Waals surface area contributed by atoms with Crippen LogP contribution in [0.15, 0.2) is 48.5 Å². The second kappa shape index (κ2) is 8.07. The molecule has 0 bridgehead atoms. The van der Waals surface area contributed by atoms with Gasteiger partial charge in [-0.15, -0.1) is 0 Å². The van der Waals surface area contributed by atoms with E-state index < -0.39 is 29.4 Å². The average molecular weight is 424 g/mol. The number of aliphatic hydroxyl groups excluding tert-OH is 1. The smallest absolute Gasteiger partial charge is 0.378 e. The zero-order valence-electron chi connectivity index (χ0n) is 15.0. The highest BCUT2D eigenvalue weighted by molar-refractivity contribution is 6.30. The van der Waals surface area contributed by atoms with Crippen molar-refractivity contribution in [2.45, 2.75) is 30.7 Å². The molecule has 0 heterocycles. The lowest BCUT2D eigenvalue weighted by atomic mass is 9.91. The van der Waals surface area contributed by atoms with Crippen LogP contribution in [0.1, 0.15) is 30.1 Å². The van der Waals surface area contributed by atoms with Gasteiger partial charge in [-0.25, -0.2) is 0 Å². The molecule has 8 heteroatoms. The van der Waals surface area contributed by atoms with Gasteiger partial charge in [0.05, 0.1) is 0 Å². The predicted octanol–water partition coefficient (Wildman–Crippen LogP) is 4.18. The molecule has 0 radical (unpaired) electrons. The first kappa shape index (κ1) is 21.2. The van der Waals surface area contributed by atoms with Gasteiger partial charge in [-0.05, 0) is 36.6 Å². The number of carbonyl (C=O) groups is 1. The Balaban J connectivity index is 1.99. The second-order valence-electron chi connectivity index (χ2n) is 6.74. The number of aliphatic hydroxyl groups is 2. The van der Waals surface area contributed by atoms with Crippen LogP contribution in [-0.2, 0) is 10.4 Å². The maximum absolute atomic E-state index is 13.8. The number of nitrogens with one attached hydrogen (secondary N) is 1. The Morgan fingerprint density at radius 1 is 1.17 bits per heavy atom. The van der Waals surface area contributed by atoms with Crippen LogP contribution in [0.5, 0.6) is 0 Å². The lowest BCUT2D eigenvalue weighted by Crippen LogP contribution is -2.42. The molecule has 152 valence electrons. The van der Waals surface area contributed by atoms with Crippen molar-refractivity contribution >= 4 is 23.2 Å². The molecule has 0 spiro atoms. The minimum Gasteiger partial charge on any atom is -0.378 e. The van der Waals surface area contributed by atoms with Crippen LogP contribution in [0.4, 0.5) is 18.9 Å². The van der Waals surface area contributed by atoms with Gasteiger partial charge in [0.2, 0.25) is 5.60 Å². The van der Waals surface area contributed by atoms with Crippen molar-refractivity contribution in [3.05, 3.63) is 64.7 Å². The van der Waals surface area contributed by atoms with E-state index in [4.69, 9.17) is 11.6 Å². The minimum absolute atomic E-state index is 0.0718. The minimum atomic E-state index is -5.14. The third kappa shape index (κ3) is 4.73. The van der Waals surface area contributed by atoms with Gasteiger partial charge in [0.1, 0.15) is 0 Å². The lowest BCUT2D eigenvalue weighted by Gasteiger charge is -2.28. The van der Waals surface area contributed by atoms with Crippen LogP contribution < -0.4 is 5.32 Å². The number of rotatable bonds is 4. The van der Waals surface area contributed by atoms with Crippen molar-refractivity contribution in [2.24, 2.45) is 5.92 Å². The normalized spacial score (nSPS) is 16.9. The summed E-state index contributed by atoms with van der Waals surface area (Å²) in [7, 11) is 0. The molecule has 3 N–H and O–H groups in total. The van der Waals surface area contributed by atoms with E-state index in [-0.39, 0.29) is 22.2 Å². The highest BCUT2D eigenvalue weighted by Gasteiger charge is 2.55. The highest BCUT2D eigenvalue weighted by atomic mass is 35.5. The number of halogens is 4. The van der Waals surface area contributed by atoms with Crippen molar-refractivity contribution in [1.29, 1.82) is 0 Å². The molecule has 29 heavy (non-hydrogen) atoms. The molecule has 4 nitrogen and oxygen atoms in total. The van der Waals surface area contributed by atoms with Gasteiger partial charge in [-0.3, -0.25) is 4.79 Å². The van der Waals surface area contributed by atoms with Gasteiger partial charge in [0.25, 0.3) is 5.91 Å². The van der Waals surface area contributed by atoms with E-state index in [1.165, 1.54) is 18.2 Å². The molecular weight excluding hydrogens is 407 g/mol. The number of carbonyl (C=O) groups excluding carboxylic acids is 1. The third-order valence-electron chi connectivity index (χ3n) is 4.44. The Hall–Kier alpha value is -2.53. The number of hydrogen-bond acceptors (Lipinski definition) is 3. The first-order valence-electron chi connectivity index (χ1n) is 8.77. The van der Waals surface area contributed by atoms with E-state index in [1.54, 1.807) is 18.2 Å². The maximum atomic E-state index is 13.8. The van der Waals surface area contributed by atoms with Crippen molar-refractivity contribution in [3.8, 4) is 11.8 Å². The zero-order chi connectivity index (χ0) is 21.2. The molecule has 0 aromatic heterocycles. The summed E-state index contributed by atoms with van der Waals surface area (Å²) in [5.41, 5.74) is -4.32. The SMILES string of the molecule is O=C(Nc1ccc(Cl)cc1[C@@](O)(C#CC1CC1)C(F)(F)F)C(O)c1ccccc1. The van der Waals surface area contributed by atoms with E-state index in [1.807, 2.05) is 5.92 Å². The summed E-state index contributed by atoms with van der Waals surface area (Å²) in [6.45, 7) is 0. The molecule has 1 amide bonds. The van der Waals surface area contributed by atoms with E-state index in [9.17, 15) is 28.2 Å². The quantitative estimate of drug-likeness (QED) is 0.646. The summed E-state index contributed by atoms with van der Waals surface area (Å²) in [6, 6.07) is 11.2. The molecule has 1 aliphatic rings. The average Bonchev–Trinajstić information content (AvgIpc) is 3.51. The summed E-state index contributed by atoms with van der Waals surface area (Å²) in [4.78, 5) is 12.4. The zero-order valence-corrected chi connectivity index (χ0v) is 15.8. The summed E-state index contributed by atoms with van der Waals surface area (Å²) < 4.78 is 41.3. The lowest BCUT2D eigenvalue weighted by molar-refractivity contribution is -0.240. The van der Waals surface area contributed by atoms with Gasteiger partial charge in [-0.1, -0.05) is 53.8 Å². The summed E-state index contributed by atoms with van der Waals surface area (Å²) >= 11 is 5.85. The van der Waals surface area contributed by atoms with Gasteiger partial charge in [0.15, 0.2) is 6.10 Å². The topological polar surface area (TPSA) is 69.6 Å². The van der Waals surface area contributed by atoms with Crippen molar-refractivity contribution in [1.82, 2.24) is 0 Å². The standard InChI is InChI=1S/C21H17ClF3NO3/c22-15-8-9-17(26-19(28)18(27)14-4-2-1-3-5-14)16(12-15)20(29,21(23,24)25)11-10-13-6-7-13/h1-5,8-9,12-13,18,27,29H,6-7H2,(H,26,28)/t18?,20-/m0/s1. The molecule has 1 aliphatic carbocycles. The molecule has 2 aromatic rings. The molecule has 2 aromatic carbocycles. The van der Waals surface area contributed by atoms with Gasteiger partial charge >= 0.3 is 6.18 Å². The van der Waals surface area contributed by atoms with Crippen LogP contribution in [0, 0.1) is 17.8 Å². The first-order valence-corrected chi connectivity index (χ1v) is 9.15. The second-order valence-corrected chi connectivity index (χ2v) is 7.18. The third-order valence-corrected chi connectivity index (χ3v) is 4.67. The molecule has 3 rings (SSSR count). The number of benzene rings is 2. The molecular formula is C21H17ClF3NO3. The fourth-order valence-corrected chi connectivity index (χ4v) is 2.81. The highest BCUT2D eigenvalue weighted by Crippen LogP contribution is 2.43. The Labute approximate surface area is 170 Å². The van der Waals surface area contributed by atoms with Crippen LogP contribution in [-0.4, -0.2) is 22.3 Å². The van der Waals surface area contributed by atoms with E-state index in [0.29, 0.717) is 12.8 Å². The van der Waals surface area contributed by atoms with Gasteiger partial charge < -0.3 is 15.5 Å².